The molecule has 0 radical (unpaired) electrons. The molecule has 4 rings (SSSR count). The molecule has 0 saturated carbocycles. The molecule has 0 fully saturated rings. The zero-order valence-corrected chi connectivity index (χ0v) is 14.7. The average molecular weight is 367 g/mol. The van der Waals surface area contributed by atoms with E-state index in [-0.39, 0.29) is 5.56 Å². The molecule has 3 aromatic heterocycles. The Morgan fingerprint density at radius 3 is 2.76 bits per heavy atom. The van der Waals surface area contributed by atoms with E-state index in [4.69, 9.17) is 4.74 Å². The minimum atomic E-state index is -0.141. The van der Waals surface area contributed by atoms with Crippen molar-refractivity contribution in [2.45, 2.75) is 0 Å². The van der Waals surface area contributed by atoms with E-state index in [9.17, 15) is 4.79 Å². The summed E-state index contributed by atoms with van der Waals surface area (Å²) >= 11 is 2.93. The normalized spacial score (nSPS) is 11.9. The highest BCUT2D eigenvalue weighted by atomic mass is 32.1. The summed E-state index contributed by atoms with van der Waals surface area (Å²) in [6.45, 7) is 4.08. The van der Waals surface area contributed by atoms with Crippen LogP contribution in [0.25, 0.3) is 22.4 Å². The molecule has 0 spiro atoms. The van der Waals surface area contributed by atoms with Crippen LogP contribution in [-0.2, 0) is 0 Å². The Hall–Kier alpha value is -2.77. The van der Waals surface area contributed by atoms with Crippen molar-refractivity contribution in [2.75, 3.05) is 6.61 Å². The number of hydrogen-bond acceptors (Lipinski definition) is 6. The van der Waals surface area contributed by atoms with Gasteiger partial charge in [0.1, 0.15) is 12.4 Å². The van der Waals surface area contributed by atoms with Crippen molar-refractivity contribution in [3.8, 4) is 17.1 Å². The van der Waals surface area contributed by atoms with E-state index >= 15 is 0 Å². The number of aromatic nitrogens is 3. The highest BCUT2D eigenvalue weighted by molar-refractivity contribution is 7.15. The predicted octanol–water partition coefficient (Wildman–Crippen LogP) is 2.99. The fraction of sp³-hybridized carbons (Fsp3) is 0.0556. The number of rotatable bonds is 5. The lowest BCUT2D eigenvalue weighted by atomic mass is 10.2. The van der Waals surface area contributed by atoms with Crippen LogP contribution in [0.4, 0.5) is 0 Å². The number of benzene rings is 1. The minimum absolute atomic E-state index is 0.141. The lowest BCUT2D eigenvalue weighted by molar-refractivity contribution is 0.363. The van der Waals surface area contributed by atoms with Gasteiger partial charge in [-0.2, -0.15) is 9.50 Å². The largest absolute Gasteiger partial charge is 0.490 e. The molecule has 0 bridgehead atoms. The van der Waals surface area contributed by atoms with Crippen LogP contribution in [0.1, 0.15) is 4.88 Å². The molecule has 0 aliphatic heterocycles. The van der Waals surface area contributed by atoms with Gasteiger partial charge >= 0.3 is 0 Å². The van der Waals surface area contributed by atoms with Gasteiger partial charge in [-0.25, -0.2) is 0 Å². The second-order valence-electron chi connectivity index (χ2n) is 5.19. The Kier molecular flexibility index (Phi) is 4.17. The smallest absolute Gasteiger partial charge is 0.291 e. The van der Waals surface area contributed by atoms with E-state index < -0.39 is 0 Å². The fourth-order valence-corrected chi connectivity index (χ4v) is 3.94. The SMILES string of the molecule is C=CCOc1ccc(-c2nc3sc(=Cc4cccs4)c(=O)n3n2)cc1. The molecule has 0 N–H and O–H groups in total. The summed E-state index contributed by atoms with van der Waals surface area (Å²) in [4.78, 5) is 18.6. The number of thiophene rings is 1. The zero-order valence-electron chi connectivity index (χ0n) is 13.1. The first-order chi connectivity index (χ1) is 12.2. The molecule has 0 saturated heterocycles. The zero-order chi connectivity index (χ0) is 17.2. The Labute approximate surface area is 151 Å². The van der Waals surface area contributed by atoms with Gasteiger partial charge in [0, 0.05) is 10.4 Å². The minimum Gasteiger partial charge on any atom is -0.490 e. The fourth-order valence-electron chi connectivity index (χ4n) is 2.31. The molecule has 0 aliphatic carbocycles. The lowest BCUT2D eigenvalue weighted by Gasteiger charge is -2.02. The van der Waals surface area contributed by atoms with Gasteiger partial charge in [0.05, 0.1) is 4.53 Å². The van der Waals surface area contributed by atoms with Crippen molar-refractivity contribution in [3.05, 3.63) is 74.2 Å². The number of hydrogen-bond donors (Lipinski definition) is 0. The van der Waals surface area contributed by atoms with E-state index in [2.05, 4.69) is 16.7 Å². The predicted molar refractivity (Wildman–Crippen MR) is 101 cm³/mol. The van der Waals surface area contributed by atoms with Crippen LogP contribution in [0.15, 0.2) is 59.2 Å². The number of thiazole rings is 1. The van der Waals surface area contributed by atoms with Gasteiger partial charge in [0.2, 0.25) is 4.96 Å². The maximum absolute atomic E-state index is 12.5. The molecule has 0 unspecified atom stereocenters. The molecule has 3 heterocycles. The number of ether oxygens (including phenoxy) is 1. The summed E-state index contributed by atoms with van der Waals surface area (Å²) in [5.74, 6) is 1.28. The first kappa shape index (κ1) is 15.7. The average Bonchev–Trinajstić information content (AvgIpc) is 3.34. The summed E-state index contributed by atoms with van der Waals surface area (Å²) < 4.78 is 7.46. The summed E-state index contributed by atoms with van der Waals surface area (Å²) in [7, 11) is 0. The van der Waals surface area contributed by atoms with Gasteiger partial charge in [-0.3, -0.25) is 4.79 Å². The topological polar surface area (TPSA) is 56.5 Å². The first-order valence-electron chi connectivity index (χ1n) is 7.53. The van der Waals surface area contributed by atoms with Crippen molar-refractivity contribution in [2.24, 2.45) is 0 Å². The van der Waals surface area contributed by atoms with E-state index in [0.717, 1.165) is 16.2 Å². The summed E-state index contributed by atoms with van der Waals surface area (Å²) in [6, 6.07) is 11.4. The molecule has 0 aliphatic rings. The molecular weight excluding hydrogens is 354 g/mol. The van der Waals surface area contributed by atoms with E-state index in [1.807, 2.05) is 47.9 Å². The molecule has 7 heteroatoms. The standard InChI is InChI=1S/C18H13N3O2S2/c1-2-9-23-13-7-5-12(6-8-13)16-19-18-21(20-16)17(22)15(25-18)11-14-4-3-10-24-14/h2-8,10-11H,1,9H2. The van der Waals surface area contributed by atoms with Crippen LogP contribution in [0, 0.1) is 0 Å². The number of nitrogens with zero attached hydrogens (tertiary/aromatic N) is 3. The highest BCUT2D eigenvalue weighted by Gasteiger charge is 2.12. The van der Waals surface area contributed by atoms with Gasteiger partial charge in [0.25, 0.3) is 5.56 Å². The quantitative estimate of drug-likeness (QED) is 0.509. The van der Waals surface area contributed by atoms with Crippen LogP contribution >= 0.6 is 22.7 Å². The van der Waals surface area contributed by atoms with Gasteiger partial charge in [-0.05, 0) is 41.8 Å². The molecule has 124 valence electrons. The Balaban J connectivity index is 1.68. The monoisotopic (exact) mass is 367 g/mol. The van der Waals surface area contributed by atoms with Crippen molar-refractivity contribution in [3.63, 3.8) is 0 Å². The van der Waals surface area contributed by atoms with Crippen molar-refractivity contribution >= 4 is 33.7 Å². The lowest BCUT2D eigenvalue weighted by Crippen LogP contribution is -2.23. The molecule has 25 heavy (non-hydrogen) atoms. The molecule has 4 aromatic rings. The van der Waals surface area contributed by atoms with Gasteiger partial charge < -0.3 is 4.74 Å². The Morgan fingerprint density at radius 2 is 2.08 bits per heavy atom. The maximum Gasteiger partial charge on any atom is 0.291 e. The van der Waals surface area contributed by atoms with E-state index in [0.29, 0.717) is 21.9 Å². The third-order valence-electron chi connectivity index (χ3n) is 3.48. The summed E-state index contributed by atoms with van der Waals surface area (Å²) in [5, 5.41) is 6.33. The molecule has 1 aromatic carbocycles. The third kappa shape index (κ3) is 3.11. The van der Waals surface area contributed by atoms with Crippen molar-refractivity contribution in [1.29, 1.82) is 0 Å². The second-order valence-corrected chi connectivity index (χ2v) is 7.17. The summed E-state index contributed by atoms with van der Waals surface area (Å²) in [6.07, 6.45) is 3.57. The highest BCUT2D eigenvalue weighted by Crippen LogP contribution is 2.20. The molecule has 5 nitrogen and oxygen atoms in total. The van der Waals surface area contributed by atoms with Crippen LogP contribution in [0.5, 0.6) is 5.75 Å². The molecule has 0 amide bonds. The van der Waals surface area contributed by atoms with Crippen molar-refractivity contribution < 1.29 is 4.74 Å². The molecular formula is C18H13N3O2S2. The van der Waals surface area contributed by atoms with Crippen molar-refractivity contribution in [1.82, 2.24) is 14.6 Å². The van der Waals surface area contributed by atoms with Crippen LogP contribution in [0.3, 0.4) is 0 Å². The van der Waals surface area contributed by atoms with Gasteiger partial charge in [-0.15, -0.1) is 16.4 Å². The van der Waals surface area contributed by atoms with Crippen LogP contribution in [-0.4, -0.2) is 21.2 Å². The Bertz CT molecular complexity index is 1130. The third-order valence-corrected chi connectivity index (χ3v) is 5.26. The second kappa shape index (κ2) is 6.62. The van der Waals surface area contributed by atoms with Gasteiger partial charge in [-0.1, -0.05) is 30.1 Å². The summed E-state index contributed by atoms with van der Waals surface area (Å²) in [5.41, 5.74) is 0.697. The maximum atomic E-state index is 12.5. The first-order valence-corrected chi connectivity index (χ1v) is 9.23. The van der Waals surface area contributed by atoms with Gasteiger partial charge in [0.15, 0.2) is 5.82 Å². The molecule has 0 atom stereocenters. The van der Waals surface area contributed by atoms with Crippen LogP contribution in [0.2, 0.25) is 0 Å². The van der Waals surface area contributed by atoms with E-state index in [1.165, 1.54) is 15.9 Å². The Morgan fingerprint density at radius 1 is 1.24 bits per heavy atom. The van der Waals surface area contributed by atoms with Crippen LogP contribution < -0.4 is 14.8 Å². The van der Waals surface area contributed by atoms with E-state index in [1.54, 1.807) is 17.4 Å². The number of fused-ring (bicyclic) bond motifs is 1.